The maximum Gasteiger partial charge on any atom is 0.265 e. The zero-order chi connectivity index (χ0) is 12.6. The number of hydrogen-bond donors (Lipinski definition) is 2. The zero-order valence-electron chi connectivity index (χ0n) is 10.2. The number of aromatic nitrogens is 2. The van der Waals surface area contributed by atoms with E-state index in [4.69, 9.17) is 0 Å². The van der Waals surface area contributed by atoms with Crippen LogP contribution in [0.4, 0.5) is 0 Å². The van der Waals surface area contributed by atoms with Crippen LogP contribution >= 0.6 is 11.5 Å². The Bertz CT molecular complexity index is 430. The fraction of sp³-hybridized carbons (Fsp3) is 0.727. The van der Waals surface area contributed by atoms with Crippen molar-refractivity contribution in [3.8, 4) is 0 Å². The van der Waals surface area contributed by atoms with Gasteiger partial charge in [0.25, 0.3) is 5.91 Å². The highest BCUT2D eigenvalue weighted by molar-refractivity contribution is 7.08. The van der Waals surface area contributed by atoms with Crippen LogP contribution in [0.5, 0.6) is 0 Å². The largest absolute Gasteiger partial charge is 0.392 e. The summed E-state index contributed by atoms with van der Waals surface area (Å²) in [6.07, 6.45) is 0.987. The van der Waals surface area contributed by atoms with E-state index in [0.29, 0.717) is 17.7 Å². The van der Waals surface area contributed by atoms with Crippen molar-refractivity contribution in [3.63, 3.8) is 0 Å². The Morgan fingerprint density at radius 1 is 1.65 bits per heavy atom. The molecule has 0 bridgehead atoms. The average Bonchev–Trinajstić information content (AvgIpc) is 2.76. The molecular weight excluding hydrogens is 238 g/mol. The van der Waals surface area contributed by atoms with Crippen molar-refractivity contribution < 1.29 is 9.90 Å². The molecule has 6 heteroatoms. The van der Waals surface area contributed by atoms with Crippen molar-refractivity contribution >= 4 is 17.4 Å². The molecule has 2 atom stereocenters. The second-order valence-electron chi connectivity index (χ2n) is 5.00. The van der Waals surface area contributed by atoms with Crippen LogP contribution in [0.2, 0.25) is 0 Å². The summed E-state index contributed by atoms with van der Waals surface area (Å²) in [5, 5.41) is 16.5. The molecule has 2 N–H and O–H groups in total. The third-order valence-corrected chi connectivity index (χ3v) is 4.38. The molecule has 17 heavy (non-hydrogen) atoms. The zero-order valence-corrected chi connectivity index (χ0v) is 11.0. The standard InChI is InChI=1S/C11H17N3O2S/c1-4-6-9(17-14-13-6)10(16)12-7-5-8(15)11(7,2)3/h7-8,15H,4-5H2,1-3H3,(H,12,16). The first-order chi connectivity index (χ1) is 7.96. The molecule has 1 fully saturated rings. The minimum Gasteiger partial charge on any atom is -0.392 e. The van der Waals surface area contributed by atoms with E-state index in [9.17, 15) is 9.90 Å². The first-order valence-electron chi connectivity index (χ1n) is 5.77. The van der Waals surface area contributed by atoms with Gasteiger partial charge in [0, 0.05) is 11.5 Å². The van der Waals surface area contributed by atoms with Gasteiger partial charge in [0.1, 0.15) is 4.88 Å². The molecular formula is C11H17N3O2S. The van der Waals surface area contributed by atoms with Gasteiger partial charge in [-0.05, 0) is 24.4 Å². The Hall–Kier alpha value is -1.01. The van der Waals surface area contributed by atoms with Gasteiger partial charge in [0.2, 0.25) is 0 Å². The first kappa shape index (κ1) is 12.4. The van der Waals surface area contributed by atoms with Gasteiger partial charge in [-0.1, -0.05) is 25.3 Å². The van der Waals surface area contributed by atoms with Gasteiger partial charge in [-0.15, -0.1) is 5.10 Å². The lowest BCUT2D eigenvalue weighted by Gasteiger charge is -2.49. The van der Waals surface area contributed by atoms with Crippen LogP contribution in [0, 0.1) is 5.41 Å². The lowest BCUT2D eigenvalue weighted by Crippen LogP contribution is -2.61. The molecule has 5 nitrogen and oxygen atoms in total. The number of hydrogen-bond acceptors (Lipinski definition) is 5. The summed E-state index contributed by atoms with van der Waals surface area (Å²) in [5.74, 6) is -0.123. The molecule has 94 valence electrons. The highest BCUT2D eigenvalue weighted by atomic mass is 32.1. The SMILES string of the molecule is CCc1nnsc1C(=O)NC1CC(O)C1(C)C. The number of nitrogens with one attached hydrogen (secondary N) is 1. The molecule has 1 aromatic rings. The Labute approximate surface area is 104 Å². The molecule has 0 spiro atoms. The van der Waals surface area contributed by atoms with Gasteiger partial charge >= 0.3 is 0 Å². The van der Waals surface area contributed by atoms with Gasteiger partial charge in [-0.2, -0.15) is 0 Å². The smallest absolute Gasteiger partial charge is 0.265 e. The molecule has 0 saturated heterocycles. The number of aliphatic hydroxyl groups excluding tert-OH is 1. The van der Waals surface area contributed by atoms with Gasteiger partial charge < -0.3 is 10.4 Å². The van der Waals surface area contributed by atoms with Crippen molar-refractivity contribution in [1.29, 1.82) is 0 Å². The molecule has 1 amide bonds. The van der Waals surface area contributed by atoms with Gasteiger partial charge in [0.05, 0.1) is 11.8 Å². The summed E-state index contributed by atoms with van der Waals surface area (Å²) in [7, 11) is 0. The van der Waals surface area contributed by atoms with Crippen LogP contribution in [-0.4, -0.2) is 32.7 Å². The summed E-state index contributed by atoms with van der Waals surface area (Å²) in [5.41, 5.74) is 0.491. The molecule has 0 aromatic carbocycles. The fourth-order valence-electron chi connectivity index (χ4n) is 1.98. The molecule has 1 aliphatic rings. The summed E-state index contributed by atoms with van der Waals surface area (Å²) in [4.78, 5) is 12.6. The van der Waals surface area contributed by atoms with Crippen molar-refractivity contribution in [2.45, 2.75) is 45.8 Å². The van der Waals surface area contributed by atoms with E-state index in [1.807, 2.05) is 20.8 Å². The van der Waals surface area contributed by atoms with E-state index in [0.717, 1.165) is 17.2 Å². The predicted molar refractivity (Wildman–Crippen MR) is 64.9 cm³/mol. The van der Waals surface area contributed by atoms with Crippen LogP contribution in [0.15, 0.2) is 0 Å². The summed E-state index contributed by atoms with van der Waals surface area (Å²) in [6.45, 7) is 5.86. The summed E-state index contributed by atoms with van der Waals surface area (Å²) >= 11 is 1.12. The minimum absolute atomic E-state index is 0.0248. The Kier molecular flexibility index (Phi) is 3.18. The van der Waals surface area contributed by atoms with Gasteiger partial charge in [0.15, 0.2) is 0 Å². The maximum atomic E-state index is 12.0. The highest BCUT2D eigenvalue weighted by Gasteiger charge is 2.48. The van der Waals surface area contributed by atoms with Gasteiger partial charge in [-0.25, -0.2) is 0 Å². The lowest BCUT2D eigenvalue weighted by molar-refractivity contribution is -0.0689. The highest BCUT2D eigenvalue weighted by Crippen LogP contribution is 2.40. The average molecular weight is 255 g/mol. The first-order valence-corrected chi connectivity index (χ1v) is 6.54. The molecule has 2 rings (SSSR count). The Morgan fingerprint density at radius 3 is 2.88 bits per heavy atom. The van der Waals surface area contributed by atoms with Crippen molar-refractivity contribution in [2.24, 2.45) is 5.41 Å². The second-order valence-corrected chi connectivity index (χ2v) is 5.76. The fourth-order valence-corrected chi connectivity index (χ4v) is 2.64. The van der Waals surface area contributed by atoms with Crippen LogP contribution in [-0.2, 0) is 6.42 Å². The predicted octanol–water partition coefficient (Wildman–Crippen LogP) is 0.990. The van der Waals surface area contributed by atoms with E-state index in [1.54, 1.807) is 0 Å². The van der Waals surface area contributed by atoms with E-state index >= 15 is 0 Å². The molecule has 1 aromatic heterocycles. The number of aryl methyl sites for hydroxylation is 1. The number of rotatable bonds is 3. The lowest BCUT2D eigenvalue weighted by atomic mass is 9.64. The summed E-state index contributed by atoms with van der Waals surface area (Å²) in [6, 6.07) is 0.0248. The van der Waals surface area contributed by atoms with E-state index in [1.165, 1.54) is 0 Å². The molecule has 0 radical (unpaired) electrons. The monoisotopic (exact) mass is 255 g/mol. The van der Waals surface area contributed by atoms with Gasteiger partial charge in [-0.3, -0.25) is 4.79 Å². The third kappa shape index (κ3) is 2.07. The number of aliphatic hydroxyl groups is 1. The number of nitrogens with zero attached hydrogens (tertiary/aromatic N) is 2. The third-order valence-electron chi connectivity index (χ3n) is 3.62. The maximum absolute atomic E-state index is 12.0. The van der Waals surface area contributed by atoms with E-state index < -0.39 is 0 Å². The Morgan fingerprint density at radius 2 is 2.35 bits per heavy atom. The van der Waals surface area contributed by atoms with Crippen LogP contribution in [0.3, 0.4) is 0 Å². The van der Waals surface area contributed by atoms with Crippen molar-refractivity contribution in [3.05, 3.63) is 10.6 Å². The molecule has 2 unspecified atom stereocenters. The number of amides is 1. The molecule has 1 heterocycles. The topological polar surface area (TPSA) is 75.1 Å². The quantitative estimate of drug-likeness (QED) is 0.844. The number of carbonyl (C=O) groups is 1. The molecule has 1 saturated carbocycles. The molecule has 1 aliphatic carbocycles. The van der Waals surface area contributed by atoms with Crippen molar-refractivity contribution in [1.82, 2.24) is 14.9 Å². The van der Waals surface area contributed by atoms with Crippen molar-refractivity contribution in [2.75, 3.05) is 0 Å². The van der Waals surface area contributed by atoms with Crippen LogP contribution in [0.1, 0.15) is 42.6 Å². The normalized spacial score (nSPS) is 26.4. The Balaban J connectivity index is 2.04. The van der Waals surface area contributed by atoms with E-state index in [-0.39, 0.29) is 23.5 Å². The molecule has 0 aliphatic heterocycles. The number of carbonyl (C=O) groups excluding carboxylic acids is 1. The van der Waals surface area contributed by atoms with E-state index in [2.05, 4.69) is 14.9 Å². The summed E-state index contributed by atoms with van der Waals surface area (Å²) < 4.78 is 3.80. The van der Waals surface area contributed by atoms with Crippen LogP contribution in [0.25, 0.3) is 0 Å². The minimum atomic E-state index is -0.335. The second kappa shape index (κ2) is 4.34. The van der Waals surface area contributed by atoms with Crippen LogP contribution < -0.4 is 5.32 Å².